The van der Waals surface area contributed by atoms with Gasteiger partial charge >= 0.3 is 0 Å². The van der Waals surface area contributed by atoms with Crippen molar-refractivity contribution < 1.29 is 9.90 Å². The van der Waals surface area contributed by atoms with Crippen LogP contribution in [0.5, 0.6) is 0 Å². The van der Waals surface area contributed by atoms with Gasteiger partial charge in [0.15, 0.2) is 0 Å². The van der Waals surface area contributed by atoms with E-state index in [1.807, 2.05) is 0 Å². The first-order valence-corrected chi connectivity index (χ1v) is 4.62. The number of rotatable bonds is 7. The minimum absolute atomic E-state index is 0.196. The Morgan fingerprint density at radius 2 is 1.92 bits per heavy atom. The fourth-order valence-corrected chi connectivity index (χ4v) is 0.934. The van der Waals surface area contributed by atoms with Crippen LogP contribution in [-0.2, 0) is 4.79 Å². The lowest BCUT2D eigenvalue weighted by Crippen LogP contribution is -2.21. The summed E-state index contributed by atoms with van der Waals surface area (Å²) in [5.74, 6) is -0.937. The highest BCUT2D eigenvalue weighted by Crippen LogP contribution is 2.00. The monoisotopic (exact) mass is 169 g/mol. The molecule has 0 saturated heterocycles. The third kappa shape index (κ3) is 9.21. The maximum Gasteiger partial charge on any atom is 0.0414 e. The highest BCUT2D eigenvalue weighted by Gasteiger charge is 1.86. The molecule has 0 bridgehead atoms. The third-order valence-corrected chi connectivity index (χ3v) is 1.62. The zero-order chi connectivity index (χ0) is 9.23. The van der Waals surface area contributed by atoms with E-state index >= 15 is 0 Å². The minimum atomic E-state index is -0.937. The van der Waals surface area contributed by atoms with Crippen molar-refractivity contribution in [3.63, 3.8) is 0 Å². The molecule has 0 fully saturated rings. The van der Waals surface area contributed by atoms with Crippen LogP contribution in [0.4, 0.5) is 0 Å². The predicted octanol–water partition coefficient (Wildman–Crippen LogP) is 1.65. The largest absolute Gasteiger partial charge is 0.550 e. The van der Waals surface area contributed by atoms with Crippen LogP contribution in [0.3, 0.4) is 0 Å². The number of unbranched alkanes of at least 4 members (excludes halogenated alkanes) is 3. The van der Waals surface area contributed by atoms with Gasteiger partial charge in [0, 0.05) is 5.97 Å². The molecule has 0 atom stereocenters. The van der Waals surface area contributed by atoms with Crippen molar-refractivity contribution in [1.82, 2.24) is 0 Å². The lowest BCUT2D eigenvalue weighted by Gasteiger charge is -1.98. The molecule has 0 aromatic rings. The Hall–Kier alpha value is -0.790. The summed E-state index contributed by atoms with van der Waals surface area (Å²) in [7, 11) is 0. The Morgan fingerprint density at radius 3 is 2.50 bits per heavy atom. The predicted molar refractivity (Wildman–Crippen MR) is 47.5 cm³/mol. The summed E-state index contributed by atoms with van der Waals surface area (Å²) in [4.78, 5) is 10.0. The van der Waals surface area contributed by atoms with Crippen molar-refractivity contribution in [2.24, 2.45) is 0 Å². The number of carboxylic acid groups (broad SMARTS) is 1. The van der Waals surface area contributed by atoms with Gasteiger partial charge in [-0.3, -0.25) is 0 Å². The summed E-state index contributed by atoms with van der Waals surface area (Å²) in [6.07, 6.45) is 9.45. The van der Waals surface area contributed by atoms with Gasteiger partial charge in [-0.25, -0.2) is 0 Å². The normalized spacial score (nSPS) is 10.8. The Bertz CT molecular complexity index is 139. The summed E-state index contributed by atoms with van der Waals surface area (Å²) in [5, 5.41) is 10.0. The zero-order valence-corrected chi connectivity index (χ0v) is 7.71. The molecule has 0 amide bonds. The van der Waals surface area contributed by atoms with Gasteiger partial charge in [-0.15, -0.1) is 0 Å². The molecule has 0 radical (unpaired) electrons. The molecule has 0 aliphatic heterocycles. The fraction of sp³-hybridized carbons (Fsp3) is 0.700. The van der Waals surface area contributed by atoms with Crippen LogP contribution in [0, 0.1) is 0 Å². The van der Waals surface area contributed by atoms with E-state index in [0.29, 0.717) is 0 Å². The van der Waals surface area contributed by atoms with Crippen molar-refractivity contribution in [2.75, 3.05) is 0 Å². The molecule has 0 aromatic heterocycles. The van der Waals surface area contributed by atoms with E-state index in [9.17, 15) is 9.90 Å². The molecule has 2 nitrogen and oxygen atoms in total. The summed E-state index contributed by atoms with van der Waals surface area (Å²) in [5.41, 5.74) is 0. The molecule has 0 spiro atoms. The number of aliphatic carboxylic acids is 1. The van der Waals surface area contributed by atoms with E-state index < -0.39 is 5.97 Å². The van der Waals surface area contributed by atoms with Crippen molar-refractivity contribution in [3.05, 3.63) is 12.2 Å². The molecule has 0 N–H and O–H groups in total. The summed E-state index contributed by atoms with van der Waals surface area (Å²) in [6.45, 7) is 2.14. The summed E-state index contributed by atoms with van der Waals surface area (Å²) >= 11 is 0. The van der Waals surface area contributed by atoms with Crippen molar-refractivity contribution in [3.8, 4) is 0 Å². The molecule has 2 heteroatoms. The van der Waals surface area contributed by atoms with Crippen molar-refractivity contribution in [1.29, 1.82) is 0 Å². The van der Waals surface area contributed by atoms with Gasteiger partial charge < -0.3 is 9.90 Å². The molecule has 0 saturated carbocycles. The van der Waals surface area contributed by atoms with Crippen molar-refractivity contribution >= 4 is 5.97 Å². The number of allylic oxidation sites excluding steroid dienone is 2. The van der Waals surface area contributed by atoms with Gasteiger partial charge in [0.2, 0.25) is 0 Å². The minimum Gasteiger partial charge on any atom is -0.550 e. The number of carbonyl (C=O) groups is 1. The van der Waals surface area contributed by atoms with E-state index in [4.69, 9.17) is 0 Å². The van der Waals surface area contributed by atoms with E-state index in [0.717, 1.165) is 25.7 Å². The molecule has 0 unspecified atom stereocenters. The van der Waals surface area contributed by atoms with Crippen LogP contribution in [0.25, 0.3) is 0 Å². The van der Waals surface area contributed by atoms with Gasteiger partial charge in [0.05, 0.1) is 0 Å². The van der Waals surface area contributed by atoms with E-state index in [-0.39, 0.29) is 6.42 Å². The van der Waals surface area contributed by atoms with Gasteiger partial charge in [0.1, 0.15) is 0 Å². The molecule has 0 rings (SSSR count). The molecule has 0 heterocycles. The average Bonchev–Trinajstić information content (AvgIpc) is 2.02. The SMILES string of the molecule is CCC/C=C/CCCCC(=O)[O-]. The van der Waals surface area contributed by atoms with Crippen LogP contribution in [0.1, 0.15) is 45.4 Å². The second-order valence-corrected chi connectivity index (χ2v) is 2.88. The summed E-state index contributed by atoms with van der Waals surface area (Å²) < 4.78 is 0. The molecular weight excluding hydrogens is 152 g/mol. The molecule has 12 heavy (non-hydrogen) atoms. The second-order valence-electron chi connectivity index (χ2n) is 2.88. The Kier molecular flexibility index (Phi) is 7.76. The Balaban J connectivity index is 3.05. The lowest BCUT2D eigenvalue weighted by atomic mass is 10.2. The van der Waals surface area contributed by atoms with Gasteiger partial charge in [0.25, 0.3) is 0 Å². The molecule has 70 valence electrons. The Morgan fingerprint density at radius 1 is 1.25 bits per heavy atom. The number of carbonyl (C=O) groups excluding carboxylic acids is 1. The molecular formula is C10H17O2-. The van der Waals surface area contributed by atoms with E-state index in [1.165, 1.54) is 6.42 Å². The Labute approximate surface area is 74.3 Å². The highest BCUT2D eigenvalue weighted by molar-refractivity contribution is 5.64. The van der Waals surface area contributed by atoms with Gasteiger partial charge in [-0.2, -0.15) is 0 Å². The zero-order valence-electron chi connectivity index (χ0n) is 7.71. The lowest BCUT2D eigenvalue weighted by molar-refractivity contribution is -0.305. The molecule has 0 aliphatic rings. The maximum atomic E-state index is 10.0. The average molecular weight is 169 g/mol. The first-order chi connectivity index (χ1) is 5.77. The van der Waals surface area contributed by atoms with Gasteiger partial charge in [-0.05, 0) is 32.1 Å². The van der Waals surface area contributed by atoms with Crippen LogP contribution in [0.15, 0.2) is 12.2 Å². The van der Waals surface area contributed by atoms with Gasteiger partial charge in [-0.1, -0.05) is 25.5 Å². The van der Waals surface area contributed by atoms with Crippen LogP contribution < -0.4 is 5.11 Å². The highest BCUT2D eigenvalue weighted by atomic mass is 16.4. The quantitative estimate of drug-likeness (QED) is 0.429. The molecule has 0 aliphatic carbocycles. The third-order valence-electron chi connectivity index (χ3n) is 1.62. The standard InChI is InChI=1S/C10H18O2/c1-2-3-4-5-6-7-8-9-10(11)12/h4-5H,2-3,6-9H2,1H3,(H,11,12)/p-1/b5-4+. The second kappa shape index (κ2) is 8.31. The topological polar surface area (TPSA) is 40.1 Å². The first-order valence-electron chi connectivity index (χ1n) is 4.62. The fourth-order valence-electron chi connectivity index (χ4n) is 0.934. The van der Waals surface area contributed by atoms with Crippen LogP contribution in [-0.4, -0.2) is 5.97 Å². The van der Waals surface area contributed by atoms with Crippen LogP contribution in [0.2, 0.25) is 0 Å². The first kappa shape index (κ1) is 11.2. The van der Waals surface area contributed by atoms with Crippen molar-refractivity contribution in [2.45, 2.75) is 45.4 Å². The summed E-state index contributed by atoms with van der Waals surface area (Å²) in [6, 6.07) is 0. The number of hydrogen-bond acceptors (Lipinski definition) is 2. The number of hydrogen-bond donors (Lipinski definition) is 0. The maximum absolute atomic E-state index is 10.0. The smallest absolute Gasteiger partial charge is 0.0414 e. The molecule has 0 aromatic carbocycles. The van der Waals surface area contributed by atoms with E-state index in [1.54, 1.807) is 0 Å². The van der Waals surface area contributed by atoms with E-state index in [2.05, 4.69) is 19.1 Å². The van der Waals surface area contributed by atoms with Crippen LogP contribution >= 0.6 is 0 Å². The number of carboxylic acids is 1.